The Morgan fingerprint density at radius 3 is 1.55 bits per heavy atom. The molecule has 0 spiro atoms. The van der Waals surface area contributed by atoms with E-state index in [4.69, 9.17) is 0 Å². The lowest BCUT2D eigenvalue weighted by Gasteiger charge is -2.36. The number of aromatic amines is 2. The quantitative estimate of drug-likeness (QED) is 0.0631. The van der Waals surface area contributed by atoms with Gasteiger partial charge < -0.3 is 30.0 Å². The van der Waals surface area contributed by atoms with Gasteiger partial charge in [0.1, 0.15) is 0 Å². The molecule has 6 aromatic rings. The highest BCUT2D eigenvalue weighted by Crippen LogP contribution is 2.33. The van der Waals surface area contributed by atoms with Crippen LogP contribution in [-0.2, 0) is 25.2 Å². The van der Waals surface area contributed by atoms with Gasteiger partial charge in [-0.25, -0.2) is 9.59 Å². The molecule has 2 aliphatic heterocycles. The number of nitrogens with zero attached hydrogens (tertiary/aromatic N) is 4. The number of unbranched alkanes of at least 4 members (excludes halogenated alkanes) is 2. The minimum absolute atomic E-state index is 0.289. The van der Waals surface area contributed by atoms with Gasteiger partial charge in [-0.1, -0.05) is 12.1 Å². The molecule has 4 heterocycles. The molecule has 10 nitrogen and oxygen atoms in total. The number of hydrogen-bond donors (Lipinski definition) is 4. The average molecular weight is 905 g/mol. The fourth-order valence-electron chi connectivity index (χ4n) is 8.86. The zero-order valence-electron chi connectivity index (χ0n) is 36.2. The van der Waals surface area contributed by atoms with Crippen LogP contribution in [-0.4, -0.2) is 107 Å². The molecule has 0 unspecified atom stereocenters. The van der Waals surface area contributed by atoms with Gasteiger partial charge in [0.15, 0.2) is 0 Å². The second kappa shape index (κ2) is 20.4. The van der Waals surface area contributed by atoms with Gasteiger partial charge in [-0.2, -0.15) is 26.3 Å². The highest BCUT2D eigenvalue weighted by atomic mass is 19.4. The van der Waals surface area contributed by atoms with Crippen molar-refractivity contribution in [1.29, 1.82) is 0 Å². The number of anilines is 2. The van der Waals surface area contributed by atoms with Gasteiger partial charge in [0.25, 0.3) is 0 Å². The molecule has 16 heteroatoms. The number of aromatic nitrogens is 2. The molecule has 0 radical (unpaired) electrons. The number of carboxylic acid groups (broad SMARTS) is 2. The summed E-state index contributed by atoms with van der Waals surface area (Å²) < 4.78 is 77.8. The highest BCUT2D eigenvalue weighted by Gasteiger charge is 2.32. The molecule has 0 amide bonds. The number of rotatable bonds is 14. The number of aryl methyl sites for hydroxylation is 3. The molecule has 2 aliphatic rings. The van der Waals surface area contributed by atoms with Gasteiger partial charge >= 0.3 is 24.3 Å². The van der Waals surface area contributed by atoms with Gasteiger partial charge in [0.2, 0.25) is 0 Å². The van der Waals surface area contributed by atoms with Gasteiger partial charge in [-0.3, -0.25) is 9.80 Å². The van der Waals surface area contributed by atoms with Crippen LogP contribution in [0.15, 0.2) is 91.1 Å². The maximum Gasteiger partial charge on any atom is 0.416 e. The van der Waals surface area contributed by atoms with Crippen LogP contribution in [0.2, 0.25) is 0 Å². The van der Waals surface area contributed by atoms with Gasteiger partial charge in [-0.05, 0) is 142 Å². The molecule has 65 heavy (non-hydrogen) atoms. The first-order chi connectivity index (χ1) is 31.0. The van der Waals surface area contributed by atoms with Crippen LogP contribution in [0.5, 0.6) is 0 Å². The summed E-state index contributed by atoms with van der Waals surface area (Å²) in [6.45, 7) is 10.0. The Kier molecular flexibility index (Phi) is 14.8. The first-order valence-electron chi connectivity index (χ1n) is 22.0. The summed E-state index contributed by atoms with van der Waals surface area (Å²) in [5.41, 5.74) is 5.88. The fourth-order valence-corrected chi connectivity index (χ4v) is 8.86. The SMILES string of the molecule is Cc1[nH]c2ccc(C(=O)O)cc2c1CCCCN1CCN(c2cccc(C(F)(F)F)c2)CC1.O=C(O)c1ccc2[nH]cc(CCCCN3CCN(c4cccc(C(F)(F)F)c4)CC3)c2c1. The standard InChI is InChI=1S/C25H28F3N3O2.C24H26F3N3O2/c1-17-21(22-15-18(24(32)33)8-9-23(22)29-17)7-2-3-10-30-11-13-31(14-12-30)20-6-4-5-19(16-20)25(26,27)28;25-24(26,27)19-5-3-6-20(15-19)30-12-10-29(11-13-30)9-2-1-4-18-16-28-22-8-7-17(23(31)32)14-21(18)22/h4-6,8-9,15-16,29H,2-3,7,10-14H2,1H3,(H,32,33);3,5-8,14-16,28H,1-2,4,9-13H2,(H,31,32). The van der Waals surface area contributed by atoms with Crippen LogP contribution < -0.4 is 9.80 Å². The molecule has 2 aromatic heterocycles. The first-order valence-corrected chi connectivity index (χ1v) is 22.0. The normalized spacial score (nSPS) is 15.4. The number of carbonyl (C=O) groups is 2. The molecule has 0 bridgehead atoms. The Morgan fingerprint density at radius 1 is 0.585 bits per heavy atom. The van der Waals surface area contributed by atoms with Crippen LogP contribution >= 0.6 is 0 Å². The predicted molar refractivity (Wildman–Crippen MR) is 241 cm³/mol. The van der Waals surface area contributed by atoms with Crippen molar-refractivity contribution in [3.05, 3.63) is 130 Å². The van der Waals surface area contributed by atoms with Crippen molar-refractivity contribution in [2.45, 2.75) is 57.8 Å². The Balaban J connectivity index is 0.000000194. The van der Waals surface area contributed by atoms with E-state index in [9.17, 15) is 46.1 Å². The van der Waals surface area contributed by atoms with Gasteiger partial charge in [0, 0.05) is 97.4 Å². The van der Waals surface area contributed by atoms with Crippen molar-refractivity contribution in [3.63, 3.8) is 0 Å². The predicted octanol–water partition coefficient (Wildman–Crippen LogP) is 10.4. The average Bonchev–Trinajstić information content (AvgIpc) is 3.85. The minimum Gasteiger partial charge on any atom is -0.478 e. The lowest BCUT2D eigenvalue weighted by Crippen LogP contribution is -2.46. The topological polar surface area (TPSA) is 119 Å². The lowest BCUT2D eigenvalue weighted by molar-refractivity contribution is -0.138. The third kappa shape index (κ3) is 12.0. The van der Waals surface area contributed by atoms with Crippen molar-refractivity contribution in [3.8, 4) is 0 Å². The maximum absolute atomic E-state index is 13.0. The van der Waals surface area contributed by atoms with Crippen LogP contribution in [0.1, 0.15) is 74.3 Å². The molecule has 0 atom stereocenters. The van der Waals surface area contributed by atoms with E-state index in [0.717, 1.165) is 123 Å². The second-order valence-corrected chi connectivity index (χ2v) is 16.8. The summed E-state index contributed by atoms with van der Waals surface area (Å²) in [5.74, 6) is -1.85. The number of benzene rings is 4. The summed E-state index contributed by atoms with van der Waals surface area (Å²) in [6.07, 6.45) is -0.968. The molecule has 2 fully saturated rings. The van der Waals surface area contributed by atoms with E-state index in [2.05, 4.69) is 19.8 Å². The zero-order valence-corrected chi connectivity index (χ0v) is 36.2. The molecule has 0 saturated carbocycles. The third-order valence-corrected chi connectivity index (χ3v) is 12.5. The Morgan fingerprint density at radius 2 is 1.06 bits per heavy atom. The minimum atomic E-state index is -4.32. The van der Waals surface area contributed by atoms with E-state index < -0.39 is 35.4 Å². The van der Waals surface area contributed by atoms with Crippen LogP contribution in [0.4, 0.5) is 37.7 Å². The largest absolute Gasteiger partial charge is 0.478 e. The molecule has 4 aromatic carbocycles. The molecule has 4 N–H and O–H groups in total. The van der Waals surface area contributed by atoms with E-state index in [0.29, 0.717) is 43.1 Å². The molecule has 8 rings (SSSR count). The summed E-state index contributed by atoms with van der Waals surface area (Å²) >= 11 is 0. The monoisotopic (exact) mass is 904 g/mol. The second-order valence-electron chi connectivity index (χ2n) is 16.8. The van der Waals surface area contributed by atoms with Crippen molar-refractivity contribution in [2.75, 3.05) is 75.2 Å². The summed E-state index contributed by atoms with van der Waals surface area (Å²) in [6, 6.07) is 21.4. The van der Waals surface area contributed by atoms with E-state index in [1.165, 1.54) is 29.8 Å². The zero-order chi connectivity index (χ0) is 46.3. The van der Waals surface area contributed by atoms with Crippen LogP contribution in [0, 0.1) is 6.92 Å². The van der Waals surface area contributed by atoms with E-state index in [1.807, 2.05) is 29.0 Å². The lowest BCUT2D eigenvalue weighted by atomic mass is 10.0. The molecular weight excluding hydrogens is 851 g/mol. The van der Waals surface area contributed by atoms with Crippen molar-refractivity contribution in [2.24, 2.45) is 0 Å². The van der Waals surface area contributed by atoms with Crippen molar-refractivity contribution in [1.82, 2.24) is 19.8 Å². The van der Waals surface area contributed by atoms with Gasteiger partial charge in [0.05, 0.1) is 22.3 Å². The first kappa shape index (κ1) is 47.0. The molecule has 0 aliphatic carbocycles. The summed E-state index contributed by atoms with van der Waals surface area (Å²) in [5, 5.41) is 20.4. The number of alkyl halides is 6. The van der Waals surface area contributed by atoms with Crippen LogP contribution in [0.25, 0.3) is 21.8 Å². The number of halogens is 6. The van der Waals surface area contributed by atoms with E-state index in [1.54, 1.807) is 42.5 Å². The third-order valence-electron chi connectivity index (χ3n) is 12.5. The van der Waals surface area contributed by atoms with Crippen molar-refractivity contribution < 1.29 is 46.1 Å². The number of carboxylic acids is 2. The number of nitrogens with one attached hydrogen (secondary N) is 2. The van der Waals surface area contributed by atoms with Crippen molar-refractivity contribution >= 4 is 45.1 Å². The molecule has 2 saturated heterocycles. The number of aromatic carboxylic acids is 2. The summed E-state index contributed by atoms with van der Waals surface area (Å²) in [7, 11) is 0. The number of piperazine rings is 2. The number of hydrogen-bond acceptors (Lipinski definition) is 6. The van der Waals surface area contributed by atoms with Crippen LogP contribution in [0.3, 0.4) is 0 Å². The smallest absolute Gasteiger partial charge is 0.416 e. The Bertz CT molecular complexity index is 2570. The van der Waals surface area contributed by atoms with E-state index in [-0.39, 0.29) is 5.56 Å². The Hall–Kier alpha value is -6.00. The van der Waals surface area contributed by atoms with Gasteiger partial charge in [-0.15, -0.1) is 0 Å². The summed E-state index contributed by atoms with van der Waals surface area (Å²) in [4.78, 5) is 37.8. The number of fused-ring (bicyclic) bond motifs is 2. The maximum atomic E-state index is 13.0. The molecule has 346 valence electrons. The van der Waals surface area contributed by atoms with E-state index >= 15 is 0 Å². The fraction of sp³-hybridized carbons (Fsp3) is 0.388. The number of H-pyrrole nitrogens is 2. The molecular formula is C49H54F6N6O4. The Labute approximate surface area is 373 Å². The highest BCUT2D eigenvalue weighted by molar-refractivity contribution is 5.95.